The molecule has 7 heteroatoms. The molecule has 23 heavy (non-hydrogen) atoms. The molecule has 0 amide bonds. The standard InChI is InChI=1S/C16H17F2NO4/c1-2-3-4-5-6-19-11(16(22)23)8-12(20)9-7-10(17)15(21)13(18)14(9)19/h7-8,21H,2-6H2,1H3,(H,22,23). The summed E-state index contributed by atoms with van der Waals surface area (Å²) in [7, 11) is 0. The molecule has 1 aromatic carbocycles. The second-order valence-corrected chi connectivity index (χ2v) is 5.33. The number of carboxylic acid groups (broad SMARTS) is 1. The molecule has 0 bridgehead atoms. The maximum atomic E-state index is 14.3. The first kappa shape index (κ1) is 16.9. The summed E-state index contributed by atoms with van der Waals surface area (Å²) in [5, 5.41) is 18.4. The van der Waals surface area contributed by atoms with Crippen LogP contribution in [0.15, 0.2) is 16.9 Å². The van der Waals surface area contributed by atoms with E-state index in [0.717, 1.165) is 36.0 Å². The molecule has 1 heterocycles. The Bertz CT molecular complexity index is 814. The fourth-order valence-electron chi connectivity index (χ4n) is 2.56. The number of carbonyl (C=O) groups is 1. The van der Waals surface area contributed by atoms with Crippen molar-refractivity contribution in [1.82, 2.24) is 4.57 Å². The third kappa shape index (κ3) is 3.18. The maximum Gasteiger partial charge on any atom is 0.352 e. The third-order valence-corrected chi connectivity index (χ3v) is 3.72. The molecule has 0 spiro atoms. The molecule has 124 valence electrons. The molecule has 5 nitrogen and oxygen atoms in total. The number of phenols is 1. The second kappa shape index (κ2) is 6.76. The van der Waals surface area contributed by atoms with Gasteiger partial charge in [-0.25, -0.2) is 13.6 Å². The lowest BCUT2D eigenvalue weighted by molar-refractivity contribution is 0.0684. The van der Waals surface area contributed by atoms with E-state index in [0.29, 0.717) is 6.42 Å². The van der Waals surface area contributed by atoms with E-state index in [2.05, 4.69) is 0 Å². The number of carboxylic acids is 1. The van der Waals surface area contributed by atoms with Gasteiger partial charge in [-0.15, -0.1) is 0 Å². The van der Waals surface area contributed by atoms with Gasteiger partial charge in [0.2, 0.25) is 0 Å². The Hall–Kier alpha value is -2.44. The average Bonchev–Trinajstić information content (AvgIpc) is 2.50. The summed E-state index contributed by atoms with van der Waals surface area (Å²) in [5.41, 5.74) is -1.57. The summed E-state index contributed by atoms with van der Waals surface area (Å²) in [6.45, 7) is 2.17. The lowest BCUT2D eigenvalue weighted by atomic mass is 10.1. The van der Waals surface area contributed by atoms with Gasteiger partial charge in [0, 0.05) is 12.6 Å². The highest BCUT2D eigenvalue weighted by Gasteiger charge is 2.21. The van der Waals surface area contributed by atoms with Crippen LogP contribution < -0.4 is 5.43 Å². The number of benzene rings is 1. The largest absolute Gasteiger partial charge is 0.503 e. The highest BCUT2D eigenvalue weighted by atomic mass is 19.1. The quantitative estimate of drug-likeness (QED) is 0.799. The molecule has 0 aliphatic carbocycles. The van der Waals surface area contributed by atoms with Crippen LogP contribution in [0.25, 0.3) is 10.9 Å². The molecule has 0 radical (unpaired) electrons. The second-order valence-electron chi connectivity index (χ2n) is 5.33. The zero-order valence-electron chi connectivity index (χ0n) is 12.6. The lowest BCUT2D eigenvalue weighted by Gasteiger charge is -2.15. The molecule has 2 aromatic rings. The van der Waals surface area contributed by atoms with E-state index in [9.17, 15) is 28.6 Å². The molecule has 0 aliphatic rings. The molecule has 0 saturated heterocycles. The Morgan fingerprint density at radius 2 is 1.91 bits per heavy atom. The van der Waals surface area contributed by atoms with Gasteiger partial charge in [-0.1, -0.05) is 26.2 Å². The van der Waals surface area contributed by atoms with Crippen molar-refractivity contribution in [3.63, 3.8) is 0 Å². The highest BCUT2D eigenvalue weighted by Crippen LogP contribution is 2.28. The molecular weight excluding hydrogens is 308 g/mol. The van der Waals surface area contributed by atoms with Gasteiger partial charge in [0.1, 0.15) is 5.69 Å². The van der Waals surface area contributed by atoms with E-state index in [1.54, 1.807) is 0 Å². The first-order chi connectivity index (χ1) is 10.9. The maximum absolute atomic E-state index is 14.3. The minimum absolute atomic E-state index is 0.153. The molecular formula is C16H17F2NO4. The van der Waals surface area contributed by atoms with Gasteiger partial charge in [0.05, 0.1) is 10.9 Å². The number of hydrogen-bond acceptors (Lipinski definition) is 3. The van der Waals surface area contributed by atoms with Crippen molar-refractivity contribution in [3.05, 3.63) is 39.7 Å². The summed E-state index contributed by atoms with van der Waals surface area (Å²) in [4.78, 5) is 23.3. The number of unbranched alkanes of at least 4 members (excludes halogenated alkanes) is 3. The van der Waals surface area contributed by atoms with Gasteiger partial charge in [-0.2, -0.15) is 0 Å². The number of phenolic OH excluding ortho intramolecular Hbond substituents is 1. The van der Waals surface area contributed by atoms with E-state index < -0.39 is 28.8 Å². The smallest absolute Gasteiger partial charge is 0.352 e. The van der Waals surface area contributed by atoms with E-state index in [1.807, 2.05) is 6.92 Å². The predicted octanol–water partition coefficient (Wildman–Crippen LogP) is 3.26. The van der Waals surface area contributed by atoms with Crippen LogP contribution in [0, 0.1) is 11.6 Å². The predicted molar refractivity (Wildman–Crippen MR) is 80.9 cm³/mol. The van der Waals surface area contributed by atoms with Crippen LogP contribution in [0.2, 0.25) is 0 Å². The number of pyridine rings is 1. The number of halogens is 2. The molecule has 0 saturated carbocycles. The Labute approximate surface area is 130 Å². The molecule has 0 unspecified atom stereocenters. The van der Waals surface area contributed by atoms with Gasteiger partial charge < -0.3 is 14.8 Å². The van der Waals surface area contributed by atoms with Crippen molar-refractivity contribution in [2.24, 2.45) is 0 Å². The van der Waals surface area contributed by atoms with E-state index in [4.69, 9.17) is 0 Å². The lowest BCUT2D eigenvalue weighted by Crippen LogP contribution is -2.19. The van der Waals surface area contributed by atoms with Crippen LogP contribution >= 0.6 is 0 Å². The molecule has 0 fully saturated rings. The van der Waals surface area contributed by atoms with Gasteiger partial charge >= 0.3 is 5.97 Å². The summed E-state index contributed by atoms with van der Waals surface area (Å²) >= 11 is 0. The van der Waals surface area contributed by atoms with Crippen LogP contribution in [0.4, 0.5) is 8.78 Å². The number of aryl methyl sites for hydroxylation is 1. The fraction of sp³-hybridized carbons (Fsp3) is 0.375. The molecule has 2 N–H and O–H groups in total. The number of nitrogens with zero attached hydrogens (tertiary/aromatic N) is 1. The Morgan fingerprint density at radius 1 is 1.22 bits per heavy atom. The van der Waals surface area contributed by atoms with Gasteiger partial charge in [0.15, 0.2) is 22.8 Å². The topological polar surface area (TPSA) is 79.5 Å². The van der Waals surface area contributed by atoms with E-state index in [-0.39, 0.29) is 23.1 Å². The fourth-order valence-corrected chi connectivity index (χ4v) is 2.56. The van der Waals surface area contributed by atoms with Crippen LogP contribution in [0.3, 0.4) is 0 Å². The number of rotatable bonds is 6. The van der Waals surface area contributed by atoms with E-state index in [1.165, 1.54) is 0 Å². The molecule has 0 atom stereocenters. The van der Waals surface area contributed by atoms with Crippen LogP contribution in [-0.2, 0) is 6.54 Å². The zero-order chi connectivity index (χ0) is 17.1. The SMILES string of the molecule is CCCCCCn1c(C(=O)O)cc(=O)c2cc(F)c(O)c(F)c21. The number of fused-ring (bicyclic) bond motifs is 1. The number of aromatic hydroxyl groups is 1. The van der Waals surface area contributed by atoms with Gasteiger partial charge in [0.25, 0.3) is 0 Å². The molecule has 0 aliphatic heterocycles. The normalized spacial score (nSPS) is 11.1. The molecule has 2 rings (SSSR count). The zero-order valence-corrected chi connectivity index (χ0v) is 12.6. The van der Waals surface area contributed by atoms with Gasteiger partial charge in [-0.05, 0) is 12.5 Å². The van der Waals surface area contributed by atoms with Gasteiger partial charge in [-0.3, -0.25) is 4.79 Å². The van der Waals surface area contributed by atoms with Crippen LogP contribution in [0.5, 0.6) is 5.75 Å². The minimum atomic E-state index is -1.39. The Balaban J connectivity index is 2.71. The van der Waals surface area contributed by atoms with Crippen LogP contribution in [-0.4, -0.2) is 20.7 Å². The number of aromatic carboxylic acids is 1. The first-order valence-corrected chi connectivity index (χ1v) is 7.36. The summed E-state index contributed by atoms with van der Waals surface area (Å²) < 4.78 is 28.9. The van der Waals surface area contributed by atoms with Crippen molar-refractivity contribution in [1.29, 1.82) is 0 Å². The van der Waals surface area contributed by atoms with Crippen molar-refractivity contribution < 1.29 is 23.8 Å². The summed E-state index contributed by atoms with van der Waals surface area (Å²) in [5.74, 6) is -5.19. The van der Waals surface area contributed by atoms with E-state index >= 15 is 0 Å². The summed E-state index contributed by atoms with van der Waals surface area (Å²) in [6, 6.07) is 1.57. The van der Waals surface area contributed by atoms with Crippen molar-refractivity contribution in [2.45, 2.75) is 39.2 Å². The number of hydrogen-bond donors (Lipinski definition) is 2. The molecule has 1 aromatic heterocycles. The van der Waals surface area contributed by atoms with Crippen LogP contribution in [0.1, 0.15) is 43.1 Å². The number of aromatic nitrogens is 1. The first-order valence-electron chi connectivity index (χ1n) is 7.36. The highest BCUT2D eigenvalue weighted by molar-refractivity contribution is 5.91. The van der Waals surface area contributed by atoms with Crippen molar-refractivity contribution >= 4 is 16.9 Å². The monoisotopic (exact) mass is 325 g/mol. The average molecular weight is 325 g/mol. The minimum Gasteiger partial charge on any atom is -0.503 e. The van der Waals surface area contributed by atoms with Crippen molar-refractivity contribution in [3.8, 4) is 5.75 Å². The summed E-state index contributed by atoms with van der Waals surface area (Å²) in [6.07, 6.45) is 3.28. The Kier molecular flexibility index (Phi) is 4.98. The Morgan fingerprint density at radius 3 is 2.52 bits per heavy atom. The third-order valence-electron chi connectivity index (χ3n) is 3.72. The van der Waals surface area contributed by atoms with Crippen molar-refractivity contribution in [2.75, 3.05) is 0 Å².